The molecule has 2 atom stereocenters. The zero-order chi connectivity index (χ0) is 13.7. The zero-order valence-electron chi connectivity index (χ0n) is 10.8. The lowest BCUT2D eigenvalue weighted by Gasteiger charge is -2.21. The normalized spacial score (nSPS) is 14.0. The number of amides is 1. The van der Waals surface area contributed by atoms with E-state index in [0.717, 1.165) is 0 Å². The molecule has 1 amide bonds. The molecule has 0 bridgehead atoms. The third kappa shape index (κ3) is 3.65. The van der Waals surface area contributed by atoms with E-state index in [1.54, 1.807) is 19.1 Å². The molecule has 5 heteroatoms. The molecule has 18 heavy (non-hydrogen) atoms. The number of phenolic OH excluding ortho intramolecular Hbond substituents is 1. The summed E-state index contributed by atoms with van der Waals surface area (Å²) in [6, 6.07) is 4.61. The summed E-state index contributed by atoms with van der Waals surface area (Å²) < 4.78 is 0. The second kappa shape index (κ2) is 6.66. The Hall–Kier alpha value is -1.20. The summed E-state index contributed by atoms with van der Waals surface area (Å²) in [6.45, 7) is 3.63. The van der Waals surface area contributed by atoms with E-state index in [2.05, 4.69) is 5.32 Å². The van der Waals surface area contributed by atoms with Gasteiger partial charge in [0, 0.05) is 16.9 Å². The number of benzene rings is 1. The van der Waals surface area contributed by atoms with Gasteiger partial charge in [-0.05, 0) is 43.9 Å². The largest absolute Gasteiger partial charge is 0.508 e. The van der Waals surface area contributed by atoms with Gasteiger partial charge in [0.2, 0.25) is 0 Å². The molecule has 2 unspecified atom stereocenters. The number of aliphatic hydroxyl groups excluding tert-OH is 1. The number of carbonyl (C=O) groups is 1. The fraction of sp³-hybridized carbons (Fsp3) is 0.462. The SMILES string of the molecule is CSC(CO)C(C)NC(=O)c1ccc(O)c(C)c1. The molecule has 0 aliphatic carbocycles. The van der Waals surface area contributed by atoms with Crippen LogP contribution in [-0.2, 0) is 0 Å². The van der Waals surface area contributed by atoms with Gasteiger partial charge in [0.1, 0.15) is 5.75 Å². The first-order valence-corrected chi connectivity index (χ1v) is 7.02. The van der Waals surface area contributed by atoms with Crippen LogP contribution >= 0.6 is 11.8 Å². The second-order valence-corrected chi connectivity index (χ2v) is 5.30. The number of phenols is 1. The minimum absolute atomic E-state index is 0.0211. The number of hydrogen-bond acceptors (Lipinski definition) is 4. The van der Waals surface area contributed by atoms with Crippen LogP contribution in [0.15, 0.2) is 18.2 Å². The van der Waals surface area contributed by atoms with Gasteiger partial charge in [0.15, 0.2) is 0 Å². The molecule has 0 heterocycles. The average molecular weight is 269 g/mol. The van der Waals surface area contributed by atoms with Gasteiger partial charge in [0.25, 0.3) is 5.91 Å². The van der Waals surface area contributed by atoms with E-state index < -0.39 is 0 Å². The first kappa shape index (κ1) is 14.9. The van der Waals surface area contributed by atoms with E-state index in [1.165, 1.54) is 17.8 Å². The van der Waals surface area contributed by atoms with E-state index in [9.17, 15) is 9.90 Å². The molecule has 0 spiro atoms. The van der Waals surface area contributed by atoms with Gasteiger partial charge in [-0.3, -0.25) is 4.79 Å². The maximum atomic E-state index is 12.0. The molecule has 3 N–H and O–H groups in total. The Labute approximate surface area is 111 Å². The molecule has 100 valence electrons. The van der Waals surface area contributed by atoms with E-state index >= 15 is 0 Å². The van der Waals surface area contributed by atoms with Crippen LogP contribution in [0.4, 0.5) is 0 Å². The Morgan fingerprint density at radius 1 is 1.50 bits per heavy atom. The number of aliphatic hydroxyl groups is 1. The van der Waals surface area contributed by atoms with Crippen molar-refractivity contribution in [3.63, 3.8) is 0 Å². The van der Waals surface area contributed by atoms with Crippen molar-refractivity contribution in [2.24, 2.45) is 0 Å². The van der Waals surface area contributed by atoms with Crippen molar-refractivity contribution in [2.75, 3.05) is 12.9 Å². The maximum absolute atomic E-state index is 12.0. The van der Waals surface area contributed by atoms with Gasteiger partial charge in [-0.2, -0.15) is 11.8 Å². The Balaban J connectivity index is 2.73. The number of carbonyl (C=O) groups excluding carboxylic acids is 1. The molecular weight excluding hydrogens is 250 g/mol. The third-order valence-corrected chi connectivity index (χ3v) is 4.02. The number of hydrogen-bond donors (Lipinski definition) is 3. The minimum Gasteiger partial charge on any atom is -0.508 e. The number of rotatable bonds is 5. The molecular formula is C13H19NO3S. The number of aryl methyl sites for hydroxylation is 1. The fourth-order valence-corrected chi connectivity index (χ4v) is 2.24. The third-order valence-electron chi connectivity index (χ3n) is 2.86. The number of aromatic hydroxyl groups is 1. The molecule has 4 nitrogen and oxygen atoms in total. The molecule has 0 fully saturated rings. The van der Waals surface area contributed by atoms with Gasteiger partial charge in [-0.15, -0.1) is 0 Å². The van der Waals surface area contributed by atoms with E-state index in [-0.39, 0.29) is 29.6 Å². The summed E-state index contributed by atoms with van der Waals surface area (Å²) in [6.07, 6.45) is 1.90. The first-order valence-electron chi connectivity index (χ1n) is 5.73. The van der Waals surface area contributed by atoms with Crippen LogP contribution in [0.3, 0.4) is 0 Å². The molecule has 0 aromatic heterocycles. The summed E-state index contributed by atoms with van der Waals surface area (Å²) in [5, 5.41) is 21.4. The Bertz CT molecular complexity index is 419. The first-order chi connectivity index (χ1) is 8.49. The topological polar surface area (TPSA) is 69.6 Å². The van der Waals surface area contributed by atoms with Crippen LogP contribution in [0.1, 0.15) is 22.8 Å². The van der Waals surface area contributed by atoms with Gasteiger partial charge in [0.05, 0.1) is 6.61 Å². The molecule has 1 aromatic carbocycles. The highest BCUT2D eigenvalue weighted by Crippen LogP contribution is 2.17. The highest BCUT2D eigenvalue weighted by atomic mass is 32.2. The Kier molecular flexibility index (Phi) is 5.50. The highest BCUT2D eigenvalue weighted by molar-refractivity contribution is 7.99. The van der Waals surface area contributed by atoms with Crippen LogP contribution in [0.5, 0.6) is 5.75 Å². The summed E-state index contributed by atoms with van der Waals surface area (Å²) in [4.78, 5) is 12.0. The standard InChI is InChI=1S/C13H19NO3S/c1-8-6-10(4-5-11(8)16)13(17)14-9(2)12(7-15)18-3/h4-6,9,12,15-16H,7H2,1-3H3,(H,14,17). The summed E-state index contributed by atoms with van der Waals surface area (Å²) >= 11 is 1.52. The molecule has 0 saturated carbocycles. The van der Waals surface area contributed by atoms with Crippen LogP contribution in [-0.4, -0.2) is 40.3 Å². The highest BCUT2D eigenvalue weighted by Gasteiger charge is 2.18. The Morgan fingerprint density at radius 3 is 2.67 bits per heavy atom. The summed E-state index contributed by atoms with van der Waals surface area (Å²) in [7, 11) is 0. The van der Waals surface area contributed by atoms with Crippen LogP contribution in [0.2, 0.25) is 0 Å². The van der Waals surface area contributed by atoms with Gasteiger partial charge in [-0.1, -0.05) is 0 Å². The molecule has 0 saturated heterocycles. The predicted octanol–water partition coefficient (Wildman–Crippen LogP) is 1.54. The summed E-state index contributed by atoms with van der Waals surface area (Å²) in [5.74, 6) is -0.0185. The molecule has 0 radical (unpaired) electrons. The van der Waals surface area contributed by atoms with Crippen molar-refractivity contribution in [2.45, 2.75) is 25.1 Å². The van der Waals surface area contributed by atoms with Gasteiger partial charge in [-0.25, -0.2) is 0 Å². The second-order valence-electron chi connectivity index (χ2n) is 4.22. The summed E-state index contributed by atoms with van der Waals surface area (Å²) in [5.41, 5.74) is 1.17. The van der Waals surface area contributed by atoms with Crippen molar-refractivity contribution in [1.82, 2.24) is 5.32 Å². The van der Waals surface area contributed by atoms with Crippen molar-refractivity contribution < 1.29 is 15.0 Å². The fourth-order valence-electron chi connectivity index (χ4n) is 1.62. The van der Waals surface area contributed by atoms with Crippen molar-refractivity contribution >= 4 is 17.7 Å². The predicted molar refractivity (Wildman–Crippen MR) is 74.2 cm³/mol. The minimum atomic E-state index is -0.196. The lowest BCUT2D eigenvalue weighted by molar-refractivity contribution is 0.0936. The van der Waals surface area contributed by atoms with Crippen LogP contribution in [0, 0.1) is 6.92 Å². The van der Waals surface area contributed by atoms with E-state index in [4.69, 9.17) is 5.11 Å². The molecule has 1 rings (SSSR count). The molecule has 0 aliphatic rings. The van der Waals surface area contributed by atoms with Crippen molar-refractivity contribution in [3.8, 4) is 5.75 Å². The van der Waals surface area contributed by atoms with Gasteiger partial charge < -0.3 is 15.5 Å². The van der Waals surface area contributed by atoms with E-state index in [0.29, 0.717) is 11.1 Å². The quantitative estimate of drug-likeness (QED) is 0.758. The zero-order valence-corrected chi connectivity index (χ0v) is 11.6. The van der Waals surface area contributed by atoms with E-state index in [1.807, 2.05) is 13.2 Å². The van der Waals surface area contributed by atoms with Gasteiger partial charge >= 0.3 is 0 Å². The van der Waals surface area contributed by atoms with Crippen molar-refractivity contribution in [3.05, 3.63) is 29.3 Å². The smallest absolute Gasteiger partial charge is 0.251 e. The number of nitrogens with one attached hydrogen (secondary N) is 1. The lowest BCUT2D eigenvalue weighted by atomic mass is 10.1. The van der Waals surface area contributed by atoms with Crippen molar-refractivity contribution in [1.29, 1.82) is 0 Å². The average Bonchev–Trinajstić information content (AvgIpc) is 2.34. The Morgan fingerprint density at radius 2 is 2.17 bits per heavy atom. The number of thioether (sulfide) groups is 1. The monoisotopic (exact) mass is 269 g/mol. The maximum Gasteiger partial charge on any atom is 0.251 e. The molecule has 0 aliphatic heterocycles. The van der Waals surface area contributed by atoms with Crippen LogP contribution < -0.4 is 5.32 Å². The van der Waals surface area contributed by atoms with Crippen LogP contribution in [0.25, 0.3) is 0 Å². The molecule has 1 aromatic rings. The lowest BCUT2D eigenvalue weighted by Crippen LogP contribution is -2.41.